The van der Waals surface area contributed by atoms with E-state index in [-0.39, 0.29) is 17.8 Å². The van der Waals surface area contributed by atoms with Crippen LogP contribution in [0.3, 0.4) is 0 Å². The molecule has 0 aliphatic carbocycles. The lowest BCUT2D eigenvalue weighted by molar-refractivity contribution is 0.0690. The van der Waals surface area contributed by atoms with E-state index < -0.39 is 0 Å². The maximum absolute atomic E-state index is 13.8. The molecule has 0 fully saturated rings. The second-order valence-electron chi connectivity index (χ2n) is 6.92. The van der Waals surface area contributed by atoms with E-state index in [0.717, 1.165) is 5.56 Å². The van der Waals surface area contributed by atoms with Gasteiger partial charge in [0.1, 0.15) is 5.82 Å². The van der Waals surface area contributed by atoms with Crippen LogP contribution < -0.4 is 5.32 Å². The van der Waals surface area contributed by atoms with Crippen LogP contribution in [0, 0.1) is 5.82 Å². The number of anilines is 1. The number of nitrogens with one attached hydrogen (secondary N) is 1. The largest absolute Gasteiger partial charge is 0.380 e. The molecule has 2 aromatic carbocycles. The molecule has 4 nitrogen and oxygen atoms in total. The van der Waals surface area contributed by atoms with E-state index >= 15 is 0 Å². The van der Waals surface area contributed by atoms with Crippen LogP contribution in [0.4, 0.5) is 10.1 Å². The maximum Gasteiger partial charge on any atom is 0.256 e. The quantitative estimate of drug-likeness (QED) is 0.638. The van der Waals surface area contributed by atoms with Crippen molar-refractivity contribution in [2.45, 2.75) is 33.0 Å². The molecule has 0 aliphatic heterocycles. The molecule has 1 aromatic heterocycles. The fourth-order valence-corrected chi connectivity index (χ4v) is 2.93. The highest BCUT2D eigenvalue weighted by Crippen LogP contribution is 2.17. The van der Waals surface area contributed by atoms with Crippen molar-refractivity contribution in [2.24, 2.45) is 0 Å². The van der Waals surface area contributed by atoms with E-state index in [4.69, 9.17) is 0 Å². The average Bonchev–Trinajstić information content (AvgIpc) is 2.72. The number of benzene rings is 2. The summed E-state index contributed by atoms with van der Waals surface area (Å²) >= 11 is 0. The van der Waals surface area contributed by atoms with Crippen molar-refractivity contribution in [3.8, 4) is 0 Å². The van der Waals surface area contributed by atoms with Gasteiger partial charge in [-0.25, -0.2) is 4.39 Å². The summed E-state index contributed by atoms with van der Waals surface area (Å²) in [6, 6.07) is 18.3. The molecule has 0 saturated heterocycles. The van der Waals surface area contributed by atoms with E-state index in [1.54, 1.807) is 36.7 Å². The zero-order chi connectivity index (χ0) is 19.9. The third kappa shape index (κ3) is 4.94. The van der Waals surface area contributed by atoms with Crippen molar-refractivity contribution in [2.75, 3.05) is 5.32 Å². The number of carbonyl (C=O) groups excluding carboxylic acids is 1. The van der Waals surface area contributed by atoms with Gasteiger partial charge in [0.05, 0.1) is 11.3 Å². The van der Waals surface area contributed by atoms with Crippen LogP contribution >= 0.6 is 0 Å². The lowest BCUT2D eigenvalue weighted by Gasteiger charge is -2.27. The van der Waals surface area contributed by atoms with Crippen LogP contribution in [0.25, 0.3) is 0 Å². The van der Waals surface area contributed by atoms with Gasteiger partial charge in [-0.15, -0.1) is 0 Å². The van der Waals surface area contributed by atoms with Crippen molar-refractivity contribution < 1.29 is 9.18 Å². The predicted molar refractivity (Wildman–Crippen MR) is 109 cm³/mol. The molecule has 0 radical (unpaired) electrons. The van der Waals surface area contributed by atoms with Crippen LogP contribution in [0.2, 0.25) is 0 Å². The van der Waals surface area contributed by atoms with Gasteiger partial charge in [0.15, 0.2) is 0 Å². The Balaban J connectivity index is 1.73. The van der Waals surface area contributed by atoms with Crippen molar-refractivity contribution in [1.29, 1.82) is 0 Å². The number of amides is 1. The molecule has 0 spiro atoms. The molecule has 0 bridgehead atoms. The minimum absolute atomic E-state index is 0.0442. The van der Waals surface area contributed by atoms with E-state index in [1.807, 2.05) is 49.1 Å². The first-order chi connectivity index (χ1) is 13.5. The Morgan fingerprint density at radius 3 is 2.50 bits per heavy atom. The van der Waals surface area contributed by atoms with Crippen molar-refractivity contribution in [3.63, 3.8) is 0 Å². The molecule has 0 unspecified atom stereocenters. The molecule has 0 atom stereocenters. The molecule has 3 aromatic rings. The minimum Gasteiger partial charge on any atom is -0.380 e. The highest BCUT2D eigenvalue weighted by atomic mass is 19.1. The molecule has 0 aliphatic rings. The Kier molecular flexibility index (Phi) is 6.37. The van der Waals surface area contributed by atoms with E-state index in [9.17, 15) is 9.18 Å². The number of halogens is 1. The van der Waals surface area contributed by atoms with Gasteiger partial charge in [-0.2, -0.15) is 0 Å². The summed E-state index contributed by atoms with van der Waals surface area (Å²) in [6.45, 7) is 4.84. The summed E-state index contributed by atoms with van der Waals surface area (Å²) < 4.78 is 13.8. The van der Waals surface area contributed by atoms with Gasteiger partial charge in [-0.1, -0.05) is 48.5 Å². The summed E-state index contributed by atoms with van der Waals surface area (Å²) in [7, 11) is 0. The molecular weight excluding hydrogens is 353 g/mol. The number of aromatic nitrogens is 1. The van der Waals surface area contributed by atoms with Crippen LogP contribution in [-0.2, 0) is 13.1 Å². The van der Waals surface area contributed by atoms with Crippen molar-refractivity contribution >= 4 is 11.6 Å². The average molecular weight is 377 g/mol. The molecule has 1 heterocycles. The predicted octanol–water partition coefficient (Wildman–Crippen LogP) is 4.88. The van der Waals surface area contributed by atoms with Crippen molar-refractivity contribution in [3.05, 3.63) is 95.6 Å². The fourth-order valence-electron chi connectivity index (χ4n) is 2.93. The molecule has 1 amide bonds. The third-order valence-electron chi connectivity index (χ3n) is 4.51. The zero-order valence-electron chi connectivity index (χ0n) is 16.1. The number of pyridine rings is 1. The number of hydrogen-bond acceptors (Lipinski definition) is 3. The second-order valence-corrected chi connectivity index (χ2v) is 6.92. The molecular formula is C23H24FN3O. The minimum atomic E-state index is -0.260. The van der Waals surface area contributed by atoms with Gasteiger partial charge < -0.3 is 10.2 Å². The summed E-state index contributed by atoms with van der Waals surface area (Å²) in [4.78, 5) is 19.1. The van der Waals surface area contributed by atoms with Gasteiger partial charge in [0, 0.05) is 37.1 Å². The number of nitrogens with zero attached hydrogens (tertiary/aromatic N) is 2. The van der Waals surface area contributed by atoms with Gasteiger partial charge in [0.2, 0.25) is 0 Å². The van der Waals surface area contributed by atoms with E-state index in [0.29, 0.717) is 29.9 Å². The van der Waals surface area contributed by atoms with E-state index in [1.165, 1.54) is 6.07 Å². The van der Waals surface area contributed by atoms with Crippen LogP contribution in [0.5, 0.6) is 0 Å². The third-order valence-corrected chi connectivity index (χ3v) is 4.51. The Bertz CT molecular complexity index is 928. The Hall–Kier alpha value is -3.21. The highest BCUT2D eigenvalue weighted by molar-refractivity contribution is 5.94. The lowest BCUT2D eigenvalue weighted by Crippen LogP contribution is -2.36. The molecule has 5 heteroatoms. The first-order valence-corrected chi connectivity index (χ1v) is 9.32. The Morgan fingerprint density at radius 2 is 1.79 bits per heavy atom. The summed E-state index contributed by atoms with van der Waals surface area (Å²) in [6.07, 6.45) is 3.20. The first-order valence-electron chi connectivity index (χ1n) is 9.32. The molecule has 1 N–H and O–H groups in total. The van der Waals surface area contributed by atoms with Crippen LogP contribution in [0.1, 0.15) is 35.3 Å². The van der Waals surface area contributed by atoms with Crippen LogP contribution in [0.15, 0.2) is 73.1 Å². The maximum atomic E-state index is 13.8. The number of carbonyl (C=O) groups is 1. The monoisotopic (exact) mass is 377 g/mol. The number of rotatable bonds is 7. The first kappa shape index (κ1) is 19.5. The zero-order valence-corrected chi connectivity index (χ0v) is 16.1. The normalized spacial score (nSPS) is 10.7. The van der Waals surface area contributed by atoms with Crippen LogP contribution in [-0.4, -0.2) is 21.8 Å². The summed E-state index contributed by atoms with van der Waals surface area (Å²) in [5, 5.41) is 3.14. The second kappa shape index (κ2) is 9.13. The lowest BCUT2D eigenvalue weighted by atomic mass is 10.1. The van der Waals surface area contributed by atoms with Gasteiger partial charge in [-0.3, -0.25) is 9.78 Å². The van der Waals surface area contributed by atoms with Gasteiger partial charge in [0.25, 0.3) is 5.91 Å². The topological polar surface area (TPSA) is 45.2 Å². The van der Waals surface area contributed by atoms with E-state index in [2.05, 4.69) is 10.3 Å². The van der Waals surface area contributed by atoms with Gasteiger partial charge >= 0.3 is 0 Å². The number of hydrogen-bond donors (Lipinski definition) is 1. The standard InChI is InChI=1S/C23H24FN3O/c1-17(2)27(16-18-8-4-3-5-9-18)23(28)20-12-21(15-25-13-20)26-14-19-10-6-7-11-22(19)24/h3-13,15,17,26H,14,16H2,1-2H3. The SMILES string of the molecule is CC(C)N(Cc1ccccc1)C(=O)c1cncc(NCc2ccccc2F)c1. The van der Waals surface area contributed by atoms with Crippen molar-refractivity contribution in [1.82, 2.24) is 9.88 Å². The summed E-state index contributed by atoms with van der Waals surface area (Å²) in [5.41, 5.74) is 2.82. The smallest absolute Gasteiger partial charge is 0.256 e. The molecule has 144 valence electrons. The van der Waals surface area contributed by atoms with Gasteiger partial charge in [-0.05, 0) is 31.5 Å². The molecule has 0 saturated carbocycles. The Labute approximate surface area is 165 Å². The molecule has 3 rings (SSSR count). The summed E-state index contributed by atoms with van der Waals surface area (Å²) in [5.74, 6) is -0.343. The highest BCUT2D eigenvalue weighted by Gasteiger charge is 2.19. The molecule has 28 heavy (non-hydrogen) atoms. The fraction of sp³-hybridized carbons (Fsp3) is 0.217. The Morgan fingerprint density at radius 1 is 1.07 bits per heavy atom.